The largest absolute Gasteiger partial charge is 0.480 e. The van der Waals surface area contributed by atoms with E-state index in [1.807, 2.05) is 18.2 Å². The second-order valence-corrected chi connectivity index (χ2v) is 12.5. The summed E-state index contributed by atoms with van der Waals surface area (Å²) in [5.74, 6) is 0.534. The molecule has 6 heteroatoms. The highest BCUT2D eigenvalue weighted by molar-refractivity contribution is 5.74. The second-order valence-electron chi connectivity index (χ2n) is 12.5. The fourth-order valence-corrected chi connectivity index (χ4v) is 7.67. The van der Waals surface area contributed by atoms with Crippen LogP contribution in [-0.4, -0.2) is 59.6 Å². The molecule has 2 aromatic carbocycles. The van der Waals surface area contributed by atoms with Crippen molar-refractivity contribution in [2.24, 2.45) is 17.8 Å². The number of carboxylic acids is 1. The summed E-state index contributed by atoms with van der Waals surface area (Å²) in [5, 5.41) is 19.3. The number of piperidine rings is 1. The van der Waals surface area contributed by atoms with E-state index in [2.05, 4.69) is 28.0 Å². The zero-order valence-corrected chi connectivity index (χ0v) is 23.7. The number of carboxylic acid groups (broad SMARTS) is 1. The van der Waals surface area contributed by atoms with Gasteiger partial charge in [-0.2, -0.15) is 5.26 Å². The molecule has 1 N–H and O–H groups in total. The number of hydrogen-bond acceptors (Lipinski definition) is 4. The molecule has 3 atom stereocenters. The Hall–Kier alpha value is -2.75. The van der Waals surface area contributed by atoms with Gasteiger partial charge in [-0.05, 0) is 105 Å². The Morgan fingerprint density at radius 1 is 1.02 bits per heavy atom. The average Bonchev–Trinajstić information content (AvgIpc) is 3.37. The summed E-state index contributed by atoms with van der Waals surface area (Å²) in [5.41, 5.74) is 3.03. The number of aliphatic carboxylic acids is 1. The molecule has 0 aromatic heterocycles. The SMILES string of the molecule is N#Cc1ccc(CCCC2CCN(CC3CN(C(C(=O)O)C4CCCCC4)CC3c3cccc(F)c3)CC2)cc1. The van der Waals surface area contributed by atoms with Crippen molar-refractivity contribution in [2.75, 3.05) is 32.7 Å². The number of benzene rings is 2. The maximum atomic E-state index is 14.2. The van der Waals surface area contributed by atoms with Gasteiger partial charge in [-0.1, -0.05) is 49.9 Å². The highest BCUT2D eigenvalue weighted by atomic mass is 19.1. The van der Waals surface area contributed by atoms with Crippen LogP contribution in [0.4, 0.5) is 4.39 Å². The Bertz CT molecular complexity index is 1150. The first-order valence-corrected chi connectivity index (χ1v) is 15.4. The van der Waals surface area contributed by atoms with Crippen molar-refractivity contribution in [2.45, 2.75) is 76.2 Å². The zero-order chi connectivity index (χ0) is 27.9. The third-order valence-corrected chi connectivity index (χ3v) is 9.85. The van der Waals surface area contributed by atoms with Gasteiger partial charge in [0.15, 0.2) is 0 Å². The van der Waals surface area contributed by atoms with Crippen LogP contribution < -0.4 is 0 Å². The summed E-state index contributed by atoms with van der Waals surface area (Å²) in [4.78, 5) is 17.3. The molecule has 3 unspecified atom stereocenters. The summed E-state index contributed by atoms with van der Waals surface area (Å²) in [6, 6.07) is 16.7. The first kappa shape index (κ1) is 28.8. The van der Waals surface area contributed by atoms with Crippen molar-refractivity contribution in [1.29, 1.82) is 5.26 Å². The van der Waals surface area contributed by atoms with E-state index in [0.29, 0.717) is 18.0 Å². The number of nitriles is 1. The topological polar surface area (TPSA) is 67.6 Å². The minimum atomic E-state index is -0.688. The number of halogens is 1. The molecular weight excluding hydrogens is 501 g/mol. The highest BCUT2D eigenvalue weighted by Crippen LogP contribution is 2.39. The van der Waals surface area contributed by atoms with Gasteiger partial charge in [-0.3, -0.25) is 9.69 Å². The normalized spacial score (nSPS) is 24.1. The van der Waals surface area contributed by atoms with Crippen LogP contribution in [0.25, 0.3) is 0 Å². The molecule has 2 aromatic rings. The van der Waals surface area contributed by atoms with Gasteiger partial charge in [0.1, 0.15) is 11.9 Å². The van der Waals surface area contributed by atoms with Crippen LogP contribution in [0, 0.1) is 34.9 Å². The second kappa shape index (κ2) is 13.7. The van der Waals surface area contributed by atoms with Crippen LogP contribution in [-0.2, 0) is 11.2 Å². The third-order valence-electron chi connectivity index (χ3n) is 9.85. The van der Waals surface area contributed by atoms with Gasteiger partial charge in [0.05, 0.1) is 11.6 Å². The fraction of sp³-hybridized carbons (Fsp3) is 0.588. The Kier molecular flexibility index (Phi) is 9.88. The lowest BCUT2D eigenvalue weighted by atomic mass is 9.83. The first-order valence-electron chi connectivity index (χ1n) is 15.4. The molecule has 214 valence electrons. The quantitative estimate of drug-likeness (QED) is 0.370. The molecule has 3 aliphatic rings. The van der Waals surface area contributed by atoms with Gasteiger partial charge in [0.25, 0.3) is 0 Å². The van der Waals surface area contributed by atoms with E-state index in [4.69, 9.17) is 5.26 Å². The van der Waals surface area contributed by atoms with Gasteiger partial charge in [0, 0.05) is 25.6 Å². The molecule has 0 radical (unpaired) electrons. The van der Waals surface area contributed by atoms with Crippen molar-refractivity contribution in [1.82, 2.24) is 9.80 Å². The van der Waals surface area contributed by atoms with E-state index in [9.17, 15) is 14.3 Å². The van der Waals surface area contributed by atoms with Crippen LogP contribution in [0.1, 0.15) is 80.4 Å². The van der Waals surface area contributed by atoms with Crippen LogP contribution in [0.5, 0.6) is 0 Å². The van der Waals surface area contributed by atoms with E-state index >= 15 is 0 Å². The summed E-state index contributed by atoms with van der Waals surface area (Å²) in [6.45, 7) is 4.59. The molecule has 2 heterocycles. The first-order chi connectivity index (χ1) is 19.5. The number of aryl methyl sites for hydroxylation is 1. The van der Waals surface area contributed by atoms with E-state index in [1.54, 1.807) is 12.1 Å². The molecule has 2 aliphatic heterocycles. The van der Waals surface area contributed by atoms with Gasteiger partial charge in [-0.15, -0.1) is 0 Å². The predicted octanol–water partition coefficient (Wildman–Crippen LogP) is 6.48. The van der Waals surface area contributed by atoms with Crippen LogP contribution in [0.3, 0.4) is 0 Å². The summed E-state index contributed by atoms with van der Waals surface area (Å²) in [7, 11) is 0. The number of nitrogens with zero attached hydrogens (tertiary/aromatic N) is 3. The molecule has 3 fully saturated rings. The fourth-order valence-electron chi connectivity index (χ4n) is 7.67. The minimum absolute atomic E-state index is 0.159. The third kappa shape index (κ3) is 7.30. The standard InChI is InChI=1S/C34H44FN3O2/c35-31-11-5-10-29(20-31)32-24-38(33(34(39)40)28-8-2-1-3-9-28)23-30(32)22-37-18-16-26(17-19-37)7-4-6-25-12-14-27(21-36)15-13-25/h5,10-15,20,26,28,30,32-33H,1-4,6-9,16-19,22-24H2,(H,39,40). The highest BCUT2D eigenvalue weighted by Gasteiger charge is 2.43. The molecule has 0 spiro atoms. The Morgan fingerprint density at radius 2 is 1.77 bits per heavy atom. The Morgan fingerprint density at radius 3 is 2.45 bits per heavy atom. The van der Waals surface area contributed by atoms with Crippen LogP contribution in [0.2, 0.25) is 0 Å². The number of likely N-dealkylation sites (tertiary alicyclic amines) is 2. The van der Waals surface area contributed by atoms with Gasteiger partial charge in [-0.25, -0.2) is 4.39 Å². The molecule has 1 saturated carbocycles. The number of hydrogen-bond donors (Lipinski definition) is 1. The summed E-state index contributed by atoms with van der Waals surface area (Å²) < 4.78 is 14.2. The summed E-state index contributed by atoms with van der Waals surface area (Å²) >= 11 is 0. The molecule has 40 heavy (non-hydrogen) atoms. The lowest BCUT2D eigenvalue weighted by Gasteiger charge is -2.35. The molecule has 0 bridgehead atoms. The monoisotopic (exact) mass is 545 g/mol. The van der Waals surface area contributed by atoms with Gasteiger partial charge in [0.2, 0.25) is 0 Å². The molecule has 0 amide bonds. The minimum Gasteiger partial charge on any atom is -0.480 e. The lowest BCUT2D eigenvalue weighted by Crippen LogP contribution is -2.46. The van der Waals surface area contributed by atoms with E-state index in [1.165, 1.54) is 43.7 Å². The number of rotatable bonds is 10. The van der Waals surface area contributed by atoms with Crippen molar-refractivity contribution in [3.05, 3.63) is 71.0 Å². The van der Waals surface area contributed by atoms with Gasteiger partial charge >= 0.3 is 5.97 Å². The predicted molar refractivity (Wildman–Crippen MR) is 155 cm³/mol. The lowest BCUT2D eigenvalue weighted by molar-refractivity contribution is -0.145. The average molecular weight is 546 g/mol. The molecule has 5 rings (SSSR count). The maximum Gasteiger partial charge on any atom is 0.321 e. The maximum absolute atomic E-state index is 14.2. The van der Waals surface area contributed by atoms with E-state index < -0.39 is 12.0 Å². The van der Waals surface area contributed by atoms with Crippen LogP contribution in [0.15, 0.2) is 48.5 Å². The van der Waals surface area contributed by atoms with E-state index in [0.717, 1.165) is 69.8 Å². The molecular formula is C34H44FN3O2. The Labute approximate surface area is 239 Å². The zero-order valence-electron chi connectivity index (χ0n) is 23.7. The smallest absolute Gasteiger partial charge is 0.321 e. The molecule has 2 saturated heterocycles. The van der Waals surface area contributed by atoms with Crippen molar-refractivity contribution in [3.8, 4) is 6.07 Å². The molecule has 1 aliphatic carbocycles. The Balaban J connectivity index is 1.17. The van der Waals surface area contributed by atoms with Gasteiger partial charge < -0.3 is 10.0 Å². The number of carbonyl (C=O) groups is 1. The van der Waals surface area contributed by atoms with Crippen molar-refractivity contribution >= 4 is 5.97 Å². The van der Waals surface area contributed by atoms with Crippen molar-refractivity contribution < 1.29 is 14.3 Å². The van der Waals surface area contributed by atoms with Crippen LogP contribution >= 0.6 is 0 Å². The van der Waals surface area contributed by atoms with E-state index in [-0.39, 0.29) is 17.7 Å². The van der Waals surface area contributed by atoms with Crippen molar-refractivity contribution in [3.63, 3.8) is 0 Å². The molecule has 5 nitrogen and oxygen atoms in total. The summed E-state index contributed by atoms with van der Waals surface area (Å²) in [6.07, 6.45) is 11.3.